The average Bonchev–Trinajstić information content (AvgIpc) is 2.88. The lowest BCUT2D eigenvalue weighted by atomic mass is 9.92. The van der Waals surface area contributed by atoms with E-state index in [4.69, 9.17) is 0 Å². The fraction of sp³-hybridized carbons (Fsp3) is 0.409. The number of benzene rings is 1. The van der Waals surface area contributed by atoms with Crippen LogP contribution in [0, 0.1) is 12.3 Å². The van der Waals surface area contributed by atoms with Crippen molar-refractivity contribution in [1.82, 2.24) is 19.4 Å². The van der Waals surface area contributed by atoms with Crippen LogP contribution in [-0.4, -0.2) is 26.6 Å². The van der Waals surface area contributed by atoms with Gasteiger partial charge in [-0.1, -0.05) is 50.6 Å². The zero-order valence-corrected chi connectivity index (χ0v) is 17.0. The Labute approximate surface area is 165 Å². The van der Waals surface area contributed by atoms with Gasteiger partial charge in [-0.25, -0.2) is 9.78 Å². The molecule has 0 bridgehead atoms. The van der Waals surface area contributed by atoms with Gasteiger partial charge in [-0.3, -0.25) is 13.9 Å². The standard InChI is InChI=1S/C22H28N4O2/c1-16-7-9-17(10-8-16)15-26-18-6-5-11-24-20(18)25(21(26)28)13-12-23-19(27)14-22(2,3)4/h5-11H,12-15H2,1-4H3,(H,23,27). The molecule has 6 nitrogen and oxygen atoms in total. The number of rotatable bonds is 6. The first kappa shape index (κ1) is 19.9. The van der Waals surface area contributed by atoms with Crippen LogP contribution in [0.4, 0.5) is 0 Å². The third-order valence-corrected chi connectivity index (χ3v) is 4.58. The van der Waals surface area contributed by atoms with E-state index in [1.807, 2.05) is 64.1 Å². The van der Waals surface area contributed by atoms with Crippen molar-refractivity contribution in [3.8, 4) is 0 Å². The molecule has 28 heavy (non-hydrogen) atoms. The number of hydrogen-bond acceptors (Lipinski definition) is 3. The molecule has 0 aliphatic heterocycles. The number of carbonyl (C=O) groups is 1. The molecule has 3 rings (SSSR count). The van der Waals surface area contributed by atoms with Gasteiger partial charge in [0.2, 0.25) is 5.91 Å². The SMILES string of the molecule is Cc1ccc(Cn2c(=O)n(CCNC(=O)CC(C)(C)C)c3ncccc32)cc1. The van der Waals surface area contributed by atoms with Crippen molar-refractivity contribution < 1.29 is 4.79 Å². The highest BCUT2D eigenvalue weighted by molar-refractivity contribution is 5.76. The first-order chi connectivity index (χ1) is 13.2. The summed E-state index contributed by atoms with van der Waals surface area (Å²) in [6, 6.07) is 11.9. The van der Waals surface area contributed by atoms with Crippen LogP contribution < -0.4 is 11.0 Å². The maximum Gasteiger partial charge on any atom is 0.330 e. The van der Waals surface area contributed by atoms with E-state index in [9.17, 15) is 9.59 Å². The van der Waals surface area contributed by atoms with Crippen LogP contribution in [0.3, 0.4) is 0 Å². The lowest BCUT2D eigenvalue weighted by Gasteiger charge is -2.17. The number of fused-ring (bicyclic) bond motifs is 1. The Bertz CT molecular complexity index is 1020. The molecule has 2 heterocycles. The second kappa shape index (κ2) is 8.00. The van der Waals surface area contributed by atoms with Gasteiger partial charge >= 0.3 is 5.69 Å². The first-order valence-corrected chi connectivity index (χ1v) is 9.61. The zero-order valence-electron chi connectivity index (χ0n) is 17.0. The van der Waals surface area contributed by atoms with Crippen molar-refractivity contribution in [1.29, 1.82) is 0 Å². The summed E-state index contributed by atoms with van der Waals surface area (Å²) >= 11 is 0. The Hall–Kier alpha value is -2.89. The third-order valence-electron chi connectivity index (χ3n) is 4.58. The molecule has 3 aromatic rings. The first-order valence-electron chi connectivity index (χ1n) is 9.61. The minimum atomic E-state index is -0.112. The fourth-order valence-corrected chi connectivity index (χ4v) is 3.23. The van der Waals surface area contributed by atoms with E-state index in [0.29, 0.717) is 31.7 Å². The van der Waals surface area contributed by atoms with Gasteiger partial charge in [0.1, 0.15) is 0 Å². The van der Waals surface area contributed by atoms with Crippen molar-refractivity contribution in [3.05, 3.63) is 64.2 Å². The largest absolute Gasteiger partial charge is 0.354 e. The molecule has 6 heteroatoms. The topological polar surface area (TPSA) is 68.9 Å². The van der Waals surface area contributed by atoms with E-state index in [2.05, 4.69) is 10.3 Å². The Balaban J connectivity index is 1.81. The molecular formula is C22H28N4O2. The zero-order chi connectivity index (χ0) is 20.3. The fourth-order valence-electron chi connectivity index (χ4n) is 3.23. The molecule has 0 atom stereocenters. The highest BCUT2D eigenvalue weighted by Gasteiger charge is 2.17. The van der Waals surface area contributed by atoms with Gasteiger partial charge in [-0.15, -0.1) is 0 Å². The summed E-state index contributed by atoms with van der Waals surface area (Å²) in [5.74, 6) is -0.00287. The predicted molar refractivity (Wildman–Crippen MR) is 111 cm³/mol. The normalized spacial score (nSPS) is 11.7. The van der Waals surface area contributed by atoms with Crippen molar-refractivity contribution in [2.75, 3.05) is 6.54 Å². The van der Waals surface area contributed by atoms with E-state index in [1.165, 1.54) is 5.56 Å². The molecule has 0 fully saturated rings. The predicted octanol–water partition coefficient (Wildman–Crippen LogP) is 3.11. The Morgan fingerprint density at radius 1 is 1.11 bits per heavy atom. The number of pyridine rings is 1. The maximum atomic E-state index is 13.0. The second-order valence-corrected chi connectivity index (χ2v) is 8.44. The lowest BCUT2D eigenvalue weighted by Crippen LogP contribution is -2.33. The smallest absolute Gasteiger partial charge is 0.330 e. The van der Waals surface area contributed by atoms with E-state index in [-0.39, 0.29) is 17.0 Å². The summed E-state index contributed by atoms with van der Waals surface area (Å²) in [6.07, 6.45) is 2.14. The lowest BCUT2D eigenvalue weighted by molar-refractivity contribution is -0.122. The number of aryl methyl sites for hydroxylation is 1. The van der Waals surface area contributed by atoms with E-state index < -0.39 is 0 Å². The quantitative estimate of drug-likeness (QED) is 0.714. The Kier molecular flexibility index (Phi) is 5.68. The molecule has 0 unspecified atom stereocenters. The summed E-state index contributed by atoms with van der Waals surface area (Å²) in [4.78, 5) is 29.5. The highest BCUT2D eigenvalue weighted by atomic mass is 16.2. The van der Waals surface area contributed by atoms with Crippen LogP contribution in [0.5, 0.6) is 0 Å². The van der Waals surface area contributed by atoms with Crippen LogP contribution in [0.25, 0.3) is 11.2 Å². The van der Waals surface area contributed by atoms with Gasteiger partial charge in [-0.05, 0) is 30.0 Å². The van der Waals surface area contributed by atoms with E-state index in [1.54, 1.807) is 15.3 Å². The van der Waals surface area contributed by atoms with E-state index in [0.717, 1.165) is 11.1 Å². The van der Waals surface area contributed by atoms with Gasteiger partial charge < -0.3 is 5.32 Å². The minimum Gasteiger partial charge on any atom is -0.354 e. The van der Waals surface area contributed by atoms with Gasteiger partial charge in [0.15, 0.2) is 5.65 Å². The molecule has 1 N–H and O–H groups in total. The average molecular weight is 380 g/mol. The molecule has 1 amide bonds. The van der Waals surface area contributed by atoms with Gasteiger partial charge in [-0.2, -0.15) is 0 Å². The third kappa shape index (κ3) is 4.68. The number of nitrogens with zero attached hydrogens (tertiary/aromatic N) is 3. The number of imidazole rings is 1. The molecule has 2 aromatic heterocycles. The second-order valence-electron chi connectivity index (χ2n) is 8.44. The molecule has 0 saturated carbocycles. The summed E-state index contributed by atoms with van der Waals surface area (Å²) < 4.78 is 3.38. The minimum absolute atomic E-state index is 0.00287. The van der Waals surface area contributed by atoms with Gasteiger partial charge in [0.05, 0.1) is 12.1 Å². The monoisotopic (exact) mass is 380 g/mol. The number of amides is 1. The molecule has 0 aliphatic carbocycles. The van der Waals surface area contributed by atoms with Crippen molar-refractivity contribution in [2.24, 2.45) is 5.41 Å². The Morgan fingerprint density at radius 3 is 2.50 bits per heavy atom. The van der Waals surface area contributed by atoms with Crippen molar-refractivity contribution in [3.63, 3.8) is 0 Å². The van der Waals surface area contributed by atoms with Crippen LogP contribution in [-0.2, 0) is 17.9 Å². The number of nitrogens with one attached hydrogen (secondary N) is 1. The Morgan fingerprint density at radius 2 is 1.82 bits per heavy atom. The number of aromatic nitrogens is 3. The molecule has 1 aromatic carbocycles. The number of carbonyl (C=O) groups excluding carboxylic acids is 1. The summed E-state index contributed by atoms with van der Waals surface area (Å²) in [5.41, 5.74) is 3.52. The molecule has 0 saturated heterocycles. The maximum absolute atomic E-state index is 13.0. The van der Waals surface area contributed by atoms with Gasteiger partial charge in [0, 0.05) is 25.7 Å². The van der Waals surface area contributed by atoms with Crippen LogP contribution in [0.15, 0.2) is 47.4 Å². The van der Waals surface area contributed by atoms with E-state index >= 15 is 0 Å². The molecule has 0 aliphatic rings. The molecule has 0 spiro atoms. The summed E-state index contributed by atoms with van der Waals surface area (Å²) in [6.45, 7) is 9.40. The molecular weight excluding hydrogens is 352 g/mol. The van der Waals surface area contributed by atoms with Crippen LogP contribution in [0.1, 0.15) is 38.3 Å². The van der Waals surface area contributed by atoms with Crippen molar-refractivity contribution in [2.45, 2.75) is 47.2 Å². The molecule has 148 valence electrons. The van der Waals surface area contributed by atoms with Crippen LogP contribution in [0.2, 0.25) is 0 Å². The van der Waals surface area contributed by atoms with Crippen molar-refractivity contribution >= 4 is 17.1 Å². The summed E-state index contributed by atoms with van der Waals surface area (Å²) in [5, 5.41) is 2.91. The highest BCUT2D eigenvalue weighted by Crippen LogP contribution is 2.17. The number of hydrogen-bond donors (Lipinski definition) is 1. The molecule has 0 radical (unpaired) electrons. The van der Waals surface area contributed by atoms with Crippen LogP contribution >= 0.6 is 0 Å². The van der Waals surface area contributed by atoms with Gasteiger partial charge in [0.25, 0.3) is 0 Å². The summed E-state index contributed by atoms with van der Waals surface area (Å²) in [7, 11) is 0.